The largest absolute Gasteiger partial charge is 0.497 e. The SMILES string of the molecule is CCC(C(=O)NC(C)C)N(Cc1cccc(OC)c1)C(=O)CN(c1ccc(C23CC4CC(CC(C4)C2)C3)cc1)S(C)(=O)=O. The minimum atomic E-state index is -3.79. The fourth-order valence-corrected chi connectivity index (χ4v) is 9.18. The molecule has 2 aromatic carbocycles. The number of hydrogen-bond acceptors (Lipinski definition) is 5. The van der Waals surface area contributed by atoms with Gasteiger partial charge in [-0.25, -0.2) is 8.42 Å². The molecule has 6 rings (SSSR count). The van der Waals surface area contributed by atoms with Gasteiger partial charge in [0.15, 0.2) is 0 Å². The molecule has 0 spiro atoms. The summed E-state index contributed by atoms with van der Waals surface area (Å²) in [6.07, 6.45) is 9.27. The molecule has 43 heavy (non-hydrogen) atoms. The highest BCUT2D eigenvalue weighted by Crippen LogP contribution is 2.60. The minimum absolute atomic E-state index is 0.102. The minimum Gasteiger partial charge on any atom is -0.497 e. The molecule has 4 fully saturated rings. The molecule has 1 N–H and O–H groups in total. The zero-order valence-electron chi connectivity index (χ0n) is 26.2. The molecule has 4 bridgehead atoms. The number of sulfonamides is 1. The maximum Gasteiger partial charge on any atom is 0.244 e. The van der Waals surface area contributed by atoms with Crippen molar-refractivity contribution in [2.45, 2.75) is 89.8 Å². The summed E-state index contributed by atoms with van der Waals surface area (Å²) < 4.78 is 32.8. The van der Waals surface area contributed by atoms with Gasteiger partial charge >= 0.3 is 0 Å². The van der Waals surface area contributed by atoms with Gasteiger partial charge in [-0.2, -0.15) is 0 Å². The van der Waals surface area contributed by atoms with Crippen molar-refractivity contribution in [2.75, 3.05) is 24.2 Å². The molecule has 2 amide bonds. The van der Waals surface area contributed by atoms with Crippen LogP contribution in [-0.2, 0) is 31.6 Å². The van der Waals surface area contributed by atoms with Crippen LogP contribution in [-0.4, -0.2) is 57.1 Å². The third-order valence-corrected chi connectivity index (χ3v) is 10.9. The number of rotatable bonds is 12. The second-order valence-electron chi connectivity index (χ2n) is 13.5. The highest BCUT2D eigenvalue weighted by atomic mass is 32.2. The second kappa shape index (κ2) is 12.5. The predicted molar refractivity (Wildman–Crippen MR) is 169 cm³/mol. The summed E-state index contributed by atoms with van der Waals surface area (Å²) >= 11 is 0. The van der Waals surface area contributed by atoms with Crippen molar-refractivity contribution in [1.82, 2.24) is 10.2 Å². The van der Waals surface area contributed by atoms with E-state index in [1.807, 2.05) is 57.2 Å². The molecular formula is C34H47N3O5S. The Bertz CT molecular complexity index is 1390. The molecule has 8 nitrogen and oxygen atoms in total. The lowest BCUT2D eigenvalue weighted by molar-refractivity contribution is -0.140. The molecule has 2 aromatic rings. The number of carbonyl (C=O) groups excluding carboxylic acids is 2. The summed E-state index contributed by atoms with van der Waals surface area (Å²) in [5.74, 6) is 2.37. The van der Waals surface area contributed by atoms with Crippen molar-refractivity contribution >= 4 is 27.5 Å². The topological polar surface area (TPSA) is 96.0 Å². The van der Waals surface area contributed by atoms with Crippen LogP contribution in [0.3, 0.4) is 0 Å². The first kappa shape index (κ1) is 31.4. The molecule has 1 unspecified atom stereocenters. The van der Waals surface area contributed by atoms with E-state index in [2.05, 4.69) is 17.4 Å². The average molecular weight is 610 g/mol. The van der Waals surface area contributed by atoms with E-state index in [0.717, 1.165) is 29.6 Å². The van der Waals surface area contributed by atoms with E-state index in [1.165, 1.54) is 53.3 Å². The molecule has 1 atom stereocenters. The van der Waals surface area contributed by atoms with Gasteiger partial charge in [0.25, 0.3) is 0 Å². The summed E-state index contributed by atoms with van der Waals surface area (Å²) in [6, 6.07) is 14.4. The molecule has 0 aromatic heterocycles. The van der Waals surface area contributed by atoms with E-state index in [9.17, 15) is 18.0 Å². The van der Waals surface area contributed by atoms with E-state index in [0.29, 0.717) is 17.9 Å². The fraction of sp³-hybridized carbons (Fsp3) is 0.588. The van der Waals surface area contributed by atoms with E-state index < -0.39 is 28.5 Å². The molecular weight excluding hydrogens is 562 g/mol. The number of hydrogen-bond donors (Lipinski definition) is 1. The van der Waals surface area contributed by atoms with E-state index >= 15 is 0 Å². The first-order chi connectivity index (χ1) is 20.4. The first-order valence-corrected chi connectivity index (χ1v) is 17.6. The Hall–Kier alpha value is -3.07. The summed E-state index contributed by atoms with van der Waals surface area (Å²) in [6.45, 7) is 5.34. The Labute approximate surface area is 257 Å². The van der Waals surface area contributed by atoms with Crippen molar-refractivity contribution in [1.29, 1.82) is 0 Å². The maximum atomic E-state index is 14.0. The standard InChI is InChI=1S/C34H47N3O5S/c1-6-31(33(39)35-23(2)3)36(21-24-8-7-9-30(17-24)42-4)32(38)22-37(43(5,40)41)29-12-10-28(11-13-29)34-18-25-14-26(19-34)16-27(15-25)20-34/h7-13,17,23,25-27,31H,6,14-16,18-22H2,1-5H3,(H,35,39). The lowest BCUT2D eigenvalue weighted by Crippen LogP contribution is -2.53. The van der Waals surface area contributed by atoms with Crippen LogP contribution in [0.1, 0.15) is 76.8 Å². The van der Waals surface area contributed by atoms with Crippen molar-refractivity contribution in [3.8, 4) is 5.75 Å². The molecule has 0 heterocycles. The van der Waals surface area contributed by atoms with Crippen LogP contribution in [0.25, 0.3) is 0 Å². The molecule has 9 heteroatoms. The van der Waals surface area contributed by atoms with E-state index in [4.69, 9.17) is 4.74 Å². The van der Waals surface area contributed by atoms with Crippen molar-refractivity contribution in [2.24, 2.45) is 17.8 Å². The molecule has 0 aliphatic heterocycles. The van der Waals surface area contributed by atoms with Gasteiger partial charge in [-0.1, -0.05) is 31.2 Å². The summed E-state index contributed by atoms with van der Waals surface area (Å²) in [7, 11) is -2.22. The quantitative estimate of drug-likeness (QED) is 0.354. The van der Waals surface area contributed by atoms with Crippen molar-refractivity contribution < 1.29 is 22.7 Å². The zero-order chi connectivity index (χ0) is 30.9. The number of methoxy groups -OCH3 is 1. The summed E-state index contributed by atoms with van der Waals surface area (Å²) in [5.41, 5.74) is 2.75. The van der Waals surface area contributed by atoms with Crippen molar-refractivity contribution in [3.05, 3.63) is 59.7 Å². The Morgan fingerprint density at radius 1 is 1.00 bits per heavy atom. The number of anilines is 1. The van der Waals surface area contributed by atoms with Crippen LogP contribution in [0.5, 0.6) is 5.75 Å². The Balaban J connectivity index is 1.41. The van der Waals surface area contributed by atoms with Gasteiger partial charge in [-0.3, -0.25) is 13.9 Å². The lowest BCUT2D eigenvalue weighted by atomic mass is 9.48. The number of benzene rings is 2. The van der Waals surface area contributed by atoms with Crippen LogP contribution in [0, 0.1) is 17.8 Å². The number of ether oxygens (including phenoxy) is 1. The predicted octanol–water partition coefficient (Wildman–Crippen LogP) is 5.26. The van der Waals surface area contributed by atoms with Crippen LogP contribution in [0.2, 0.25) is 0 Å². The number of carbonyl (C=O) groups is 2. The summed E-state index contributed by atoms with van der Waals surface area (Å²) in [4.78, 5) is 28.8. The van der Waals surface area contributed by atoms with Crippen LogP contribution < -0.4 is 14.4 Å². The molecule has 234 valence electrons. The van der Waals surface area contributed by atoms with E-state index in [-0.39, 0.29) is 23.9 Å². The van der Waals surface area contributed by atoms with Crippen LogP contribution >= 0.6 is 0 Å². The normalized spacial score (nSPS) is 24.9. The molecule has 4 aliphatic rings. The second-order valence-corrected chi connectivity index (χ2v) is 15.4. The Morgan fingerprint density at radius 2 is 1.60 bits per heavy atom. The van der Waals surface area contributed by atoms with E-state index in [1.54, 1.807) is 7.11 Å². The number of nitrogens with one attached hydrogen (secondary N) is 1. The maximum absolute atomic E-state index is 14.0. The van der Waals surface area contributed by atoms with Gasteiger partial charge in [0.1, 0.15) is 18.3 Å². The molecule has 0 radical (unpaired) electrons. The highest BCUT2D eigenvalue weighted by Gasteiger charge is 2.51. The fourth-order valence-electron chi connectivity index (χ4n) is 8.33. The lowest BCUT2D eigenvalue weighted by Gasteiger charge is -2.57. The van der Waals surface area contributed by atoms with Gasteiger partial charge in [-0.05, 0) is 117 Å². The molecule has 4 aliphatic carbocycles. The van der Waals surface area contributed by atoms with Gasteiger partial charge in [0.05, 0.1) is 19.1 Å². The van der Waals surface area contributed by atoms with Gasteiger partial charge in [-0.15, -0.1) is 0 Å². The van der Waals surface area contributed by atoms with Crippen LogP contribution in [0.15, 0.2) is 48.5 Å². The number of nitrogens with zero attached hydrogens (tertiary/aromatic N) is 2. The first-order valence-electron chi connectivity index (χ1n) is 15.7. The summed E-state index contributed by atoms with van der Waals surface area (Å²) in [5, 5.41) is 2.92. The van der Waals surface area contributed by atoms with Gasteiger partial charge < -0.3 is 15.0 Å². The molecule has 0 saturated heterocycles. The third-order valence-electron chi connectivity index (χ3n) is 9.79. The van der Waals surface area contributed by atoms with Gasteiger partial charge in [0, 0.05) is 12.6 Å². The smallest absolute Gasteiger partial charge is 0.244 e. The average Bonchev–Trinajstić information content (AvgIpc) is 2.94. The van der Waals surface area contributed by atoms with Gasteiger partial charge in [0.2, 0.25) is 21.8 Å². The highest BCUT2D eigenvalue weighted by molar-refractivity contribution is 7.92. The third kappa shape index (κ3) is 6.87. The zero-order valence-corrected chi connectivity index (χ0v) is 27.0. The van der Waals surface area contributed by atoms with Crippen molar-refractivity contribution in [3.63, 3.8) is 0 Å². The monoisotopic (exact) mass is 609 g/mol. The number of amides is 2. The Morgan fingerprint density at radius 3 is 2.12 bits per heavy atom. The van der Waals surface area contributed by atoms with Crippen LogP contribution in [0.4, 0.5) is 5.69 Å². The Kier molecular flexibility index (Phi) is 9.12. The molecule has 4 saturated carbocycles.